The second-order valence-corrected chi connectivity index (χ2v) is 16.7. The van der Waals surface area contributed by atoms with Crippen molar-refractivity contribution in [3.63, 3.8) is 0 Å². The SMILES string of the molecule is CC1=CCC[C@H]2[C@](C)(CC3=CC(=O)C=CC3=O)[C@@H](C)CC[C@]12C.CC1=CCC[C@H]2[C@](C)(Cc3cc(O)ccc3O)[C@@H](C)CC[C@]12C. The number of fused-ring (bicyclic) bond motifs is 2. The fourth-order valence-electron chi connectivity index (χ4n) is 10.6. The van der Waals surface area contributed by atoms with E-state index in [1.165, 1.54) is 62.7 Å². The normalized spacial score (nSPS) is 38.8. The number of phenolic OH excluding ortho intramolecular Hbond substituents is 2. The van der Waals surface area contributed by atoms with Gasteiger partial charge in [0.25, 0.3) is 0 Å². The van der Waals surface area contributed by atoms with Crippen LogP contribution >= 0.6 is 0 Å². The molecule has 8 atom stereocenters. The average Bonchev–Trinajstić information content (AvgIpc) is 3.00. The zero-order valence-electron chi connectivity index (χ0n) is 29.7. The maximum Gasteiger partial charge on any atom is 0.182 e. The minimum atomic E-state index is -0.0471. The molecule has 250 valence electrons. The molecule has 0 saturated heterocycles. The van der Waals surface area contributed by atoms with Crippen LogP contribution in [0.2, 0.25) is 0 Å². The third kappa shape index (κ3) is 5.99. The van der Waals surface area contributed by atoms with Crippen LogP contribution in [0.15, 0.2) is 65.3 Å². The molecule has 0 aliphatic heterocycles. The molecule has 0 bridgehead atoms. The lowest BCUT2D eigenvalue weighted by Crippen LogP contribution is -2.50. The summed E-state index contributed by atoms with van der Waals surface area (Å²) in [5.41, 5.74) is 5.42. The van der Waals surface area contributed by atoms with Crippen molar-refractivity contribution >= 4 is 11.6 Å². The zero-order chi connectivity index (χ0) is 33.7. The summed E-state index contributed by atoms with van der Waals surface area (Å²) in [6.07, 6.45) is 20.5. The molecule has 1 aromatic carbocycles. The Kier molecular flexibility index (Phi) is 9.45. The molecule has 2 saturated carbocycles. The van der Waals surface area contributed by atoms with Crippen LogP contribution < -0.4 is 0 Å². The van der Waals surface area contributed by atoms with Crippen LogP contribution in [0, 0.1) is 45.3 Å². The molecule has 4 heteroatoms. The van der Waals surface area contributed by atoms with Gasteiger partial charge in [0.05, 0.1) is 0 Å². The molecule has 4 nitrogen and oxygen atoms in total. The number of carbonyl (C=O) groups excluding carboxylic acids is 2. The fourth-order valence-corrected chi connectivity index (χ4v) is 10.6. The van der Waals surface area contributed by atoms with Crippen LogP contribution in [0.25, 0.3) is 0 Å². The van der Waals surface area contributed by atoms with Gasteiger partial charge in [-0.1, -0.05) is 64.8 Å². The summed E-state index contributed by atoms with van der Waals surface area (Å²) < 4.78 is 0. The minimum Gasteiger partial charge on any atom is -0.508 e. The van der Waals surface area contributed by atoms with Gasteiger partial charge in [0.1, 0.15) is 11.5 Å². The Morgan fingerprint density at radius 1 is 0.739 bits per heavy atom. The Balaban J connectivity index is 0.000000181. The number of hydrogen-bond donors (Lipinski definition) is 2. The summed E-state index contributed by atoms with van der Waals surface area (Å²) in [5, 5.41) is 20.1. The molecule has 46 heavy (non-hydrogen) atoms. The van der Waals surface area contributed by atoms with E-state index in [0.717, 1.165) is 24.8 Å². The highest BCUT2D eigenvalue weighted by Gasteiger charge is 2.54. The highest BCUT2D eigenvalue weighted by atomic mass is 16.3. The van der Waals surface area contributed by atoms with Gasteiger partial charge < -0.3 is 10.2 Å². The number of allylic oxidation sites excluding steroid dienone is 8. The molecule has 6 rings (SSSR count). The number of phenols is 2. The van der Waals surface area contributed by atoms with E-state index in [1.807, 2.05) is 0 Å². The van der Waals surface area contributed by atoms with Crippen LogP contribution in [-0.2, 0) is 16.0 Å². The van der Waals surface area contributed by atoms with Gasteiger partial charge in [0.2, 0.25) is 0 Å². The first-order valence-corrected chi connectivity index (χ1v) is 17.9. The van der Waals surface area contributed by atoms with Crippen molar-refractivity contribution in [2.24, 2.45) is 45.3 Å². The Morgan fingerprint density at radius 3 is 1.80 bits per heavy atom. The lowest BCUT2D eigenvalue weighted by atomic mass is 9.46. The number of carbonyl (C=O) groups is 2. The van der Waals surface area contributed by atoms with Crippen molar-refractivity contribution in [1.29, 1.82) is 0 Å². The summed E-state index contributed by atoms with van der Waals surface area (Å²) in [5.74, 6) is 2.93. The van der Waals surface area contributed by atoms with Crippen LogP contribution in [0.1, 0.15) is 119 Å². The molecule has 0 radical (unpaired) electrons. The molecule has 5 aliphatic carbocycles. The third-order valence-electron chi connectivity index (χ3n) is 14.4. The molecule has 0 amide bonds. The van der Waals surface area contributed by atoms with E-state index in [-0.39, 0.29) is 39.0 Å². The smallest absolute Gasteiger partial charge is 0.182 e. The summed E-state index contributed by atoms with van der Waals surface area (Å²) >= 11 is 0. The van der Waals surface area contributed by atoms with Crippen LogP contribution in [0.3, 0.4) is 0 Å². The number of rotatable bonds is 4. The Bertz CT molecular complexity index is 1490. The van der Waals surface area contributed by atoms with E-state index in [9.17, 15) is 19.8 Å². The predicted molar refractivity (Wildman–Crippen MR) is 188 cm³/mol. The van der Waals surface area contributed by atoms with E-state index in [4.69, 9.17) is 0 Å². The van der Waals surface area contributed by atoms with Crippen molar-refractivity contribution in [3.05, 3.63) is 70.9 Å². The molecular weight excluding hydrogens is 568 g/mol. The molecule has 0 aromatic heterocycles. The molecule has 0 unspecified atom stereocenters. The van der Waals surface area contributed by atoms with Crippen molar-refractivity contribution in [1.82, 2.24) is 0 Å². The van der Waals surface area contributed by atoms with Gasteiger partial charge in [-0.25, -0.2) is 0 Å². The number of aromatic hydroxyl groups is 2. The van der Waals surface area contributed by atoms with E-state index >= 15 is 0 Å². The van der Waals surface area contributed by atoms with Crippen molar-refractivity contribution in [2.75, 3.05) is 0 Å². The Hall–Kier alpha value is -2.88. The molecule has 1 aromatic rings. The maximum absolute atomic E-state index is 12.2. The molecule has 0 heterocycles. The minimum absolute atomic E-state index is 0.0216. The van der Waals surface area contributed by atoms with Crippen LogP contribution in [-0.4, -0.2) is 21.8 Å². The molecule has 5 aliphatic rings. The first-order chi connectivity index (χ1) is 21.5. The van der Waals surface area contributed by atoms with Gasteiger partial charge in [-0.15, -0.1) is 0 Å². The number of benzene rings is 1. The molecular formula is C42H58O4. The first-order valence-electron chi connectivity index (χ1n) is 17.9. The van der Waals surface area contributed by atoms with Gasteiger partial charge in [0, 0.05) is 5.57 Å². The highest BCUT2D eigenvalue weighted by molar-refractivity contribution is 6.17. The molecule has 2 fully saturated rings. The van der Waals surface area contributed by atoms with Gasteiger partial charge in [-0.05, 0) is 165 Å². The second kappa shape index (κ2) is 12.6. The largest absolute Gasteiger partial charge is 0.508 e. The Morgan fingerprint density at radius 2 is 1.26 bits per heavy atom. The quantitative estimate of drug-likeness (QED) is 0.198. The van der Waals surface area contributed by atoms with Gasteiger partial charge in [0.15, 0.2) is 11.6 Å². The predicted octanol–water partition coefficient (Wildman–Crippen LogP) is 10.2. The van der Waals surface area contributed by atoms with Crippen LogP contribution in [0.4, 0.5) is 0 Å². The number of hydrogen-bond acceptors (Lipinski definition) is 4. The monoisotopic (exact) mass is 626 g/mol. The van der Waals surface area contributed by atoms with Crippen LogP contribution in [0.5, 0.6) is 11.5 Å². The second-order valence-electron chi connectivity index (χ2n) is 16.7. The topological polar surface area (TPSA) is 74.6 Å². The maximum atomic E-state index is 12.2. The van der Waals surface area contributed by atoms with Crippen molar-refractivity contribution < 1.29 is 19.8 Å². The highest BCUT2D eigenvalue weighted by Crippen LogP contribution is 2.63. The van der Waals surface area contributed by atoms with Gasteiger partial charge in [-0.2, -0.15) is 0 Å². The van der Waals surface area contributed by atoms with E-state index < -0.39 is 0 Å². The third-order valence-corrected chi connectivity index (χ3v) is 14.4. The summed E-state index contributed by atoms with van der Waals surface area (Å²) in [6.45, 7) is 18.9. The fraction of sp³-hybridized carbons (Fsp3) is 0.619. The standard InChI is InChI=1S/C21H30O2.C21H28O2/c2*1-14-6-5-7-19-20(14,3)11-10-15(2)21(19,4)13-16-12-17(22)8-9-18(16)23/h6,8-9,12,15,19,22-23H,5,7,10-11,13H2,1-4H3;6,8-9,12,15,19H,5,7,10-11,13H2,1-4H3/t2*15-,19+,20+,21+/m00/s1. The van der Waals surface area contributed by atoms with E-state index in [0.29, 0.717) is 35.0 Å². The summed E-state index contributed by atoms with van der Waals surface area (Å²) in [4.78, 5) is 24.0. The van der Waals surface area contributed by atoms with Gasteiger partial charge >= 0.3 is 0 Å². The average molecular weight is 627 g/mol. The van der Waals surface area contributed by atoms with Gasteiger partial charge in [-0.3, -0.25) is 9.59 Å². The first kappa shape index (κ1) is 34.5. The zero-order valence-corrected chi connectivity index (χ0v) is 29.7. The number of ketones is 2. The Labute approximate surface area is 278 Å². The lowest BCUT2D eigenvalue weighted by molar-refractivity contribution is -0.115. The molecule has 2 N–H and O–H groups in total. The summed E-state index contributed by atoms with van der Waals surface area (Å²) in [7, 11) is 0. The van der Waals surface area contributed by atoms with E-state index in [2.05, 4.69) is 67.5 Å². The molecule has 0 spiro atoms. The van der Waals surface area contributed by atoms with E-state index in [1.54, 1.807) is 29.8 Å². The summed E-state index contributed by atoms with van der Waals surface area (Å²) in [6, 6.07) is 4.92. The van der Waals surface area contributed by atoms with Crippen molar-refractivity contribution in [2.45, 2.75) is 120 Å². The lowest BCUT2D eigenvalue weighted by Gasteiger charge is -2.58. The van der Waals surface area contributed by atoms with Crippen molar-refractivity contribution in [3.8, 4) is 11.5 Å².